The summed E-state index contributed by atoms with van der Waals surface area (Å²) in [4.78, 5) is 38.1. The van der Waals surface area contributed by atoms with Gasteiger partial charge in [-0.05, 0) is 70.6 Å². The molecule has 0 aliphatic rings. The van der Waals surface area contributed by atoms with Gasteiger partial charge in [0.25, 0.3) is 0 Å². The monoisotopic (exact) mass is 1010 g/mol. The van der Waals surface area contributed by atoms with E-state index in [4.69, 9.17) is 14.2 Å². The van der Waals surface area contributed by atoms with Crippen molar-refractivity contribution in [1.82, 2.24) is 0 Å². The van der Waals surface area contributed by atoms with Crippen LogP contribution in [0.3, 0.4) is 0 Å². The van der Waals surface area contributed by atoms with Gasteiger partial charge in [0.1, 0.15) is 13.2 Å². The van der Waals surface area contributed by atoms with Gasteiger partial charge in [0.2, 0.25) is 0 Å². The van der Waals surface area contributed by atoms with E-state index in [0.29, 0.717) is 19.3 Å². The second kappa shape index (κ2) is 61.4. The first-order valence-corrected chi connectivity index (χ1v) is 32.3. The van der Waals surface area contributed by atoms with Crippen molar-refractivity contribution in [2.75, 3.05) is 13.2 Å². The van der Waals surface area contributed by atoms with Crippen LogP contribution in [0, 0.1) is 0 Å². The van der Waals surface area contributed by atoms with E-state index in [-0.39, 0.29) is 31.1 Å². The first kappa shape index (κ1) is 69.9. The Balaban J connectivity index is 4.05. The summed E-state index contributed by atoms with van der Waals surface area (Å²) < 4.78 is 16.9. The van der Waals surface area contributed by atoms with Gasteiger partial charge in [-0.25, -0.2) is 0 Å². The number of rotatable bonds is 60. The maximum atomic E-state index is 12.8. The van der Waals surface area contributed by atoms with Gasteiger partial charge < -0.3 is 14.2 Å². The number of unbranched alkanes of at least 4 members (excludes halogenated alkanes) is 45. The van der Waals surface area contributed by atoms with E-state index in [0.717, 1.165) is 57.8 Å². The fraction of sp³-hybridized carbons (Fsp3) is 0.894. The number of carbonyl (C=O) groups excluding carboxylic acids is 3. The van der Waals surface area contributed by atoms with Crippen molar-refractivity contribution in [1.29, 1.82) is 0 Å². The molecule has 6 heteroatoms. The van der Waals surface area contributed by atoms with Crippen LogP contribution in [0.15, 0.2) is 24.3 Å². The molecule has 0 aliphatic heterocycles. The molecule has 0 rings (SSSR count). The van der Waals surface area contributed by atoms with Crippen LogP contribution in [-0.4, -0.2) is 37.2 Å². The number of esters is 3. The van der Waals surface area contributed by atoms with Gasteiger partial charge in [-0.1, -0.05) is 295 Å². The largest absolute Gasteiger partial charge is 0.462 e. The van der Waals surface area contributed by atoms with E-state index >= 15 is 0 Å². The minimum atomic E-state index is -0.768. The normalized spacial score (nSPS) is 12.1. The fourth-order valence-electron chi connectivity index (χ4n) is 9.79. The van der Waals surface area contributed by atoms with Gasteiger partial charge in [-0.3, -0.25) is 14.4 Å². The number of hydrogen-bond donors (Lipinski definition) is 0. The van der Waals surface area contributed by atoms with Crippen LogP contribution in [0.5, 0.6) is 0 Å². The van der Waals surface area contributed by atoms with Crippen molar-refractivity contribution in [3.05, 3.63) is 24.3 Å². The minimum Gasteiger partial charge on any atom is -0.462 e. The fourth-order valence-corrected chi connectivity index (χ4v) is 9.79. The second-order valence-electron chi connectivity index (χ2n) is 22.0. The summed E-state index contributed by atoms with van der Waals surface area (Å²) >= 11 is 0. The summed E-state index contributed by atoms with van der Waals surface area (Å²) in [6.07, 6.45) is 73.6. The highest BCUT2D eigenvalue weighted by molar-refractivity contribution is 5.71. The second-order valence-corrected chi connectivity index (χ2v) is 22.0. The molecule has 0 aromatic heterocycles. The highest BCUT2D eigenvalue weighted by Crippen LogP contribution is 2.18. The first-order chi connectivity index (χ1) is 35.5. The smallest absolute Gasteiger partial charge is 0.306 e. The molecule has 0 saturated carbocycles. The van der Waals surface area contributed by atoms with E-state index in [1.807, 2.05) is 0 Å². The van der Waals surface area contributed by atoms with Gasteiger partial charge in [-0.15, -0.1) is 0 Å². The third-order valence-electron chi connectivity index (χ3n) is 14.7. The van der Waals surface area contributed by atoms with Crippen molar-refractivity contribution >= 4 is 17.9 Å². The van der Waals surface area contributed by atoms with Crippen molar-refractivity contribution in [3.63, 3.8) is 0 Å². The number of ether oxygens (including phenoxy) is 3. The Labute approximate surface area is 449 Å². The molecular formula is C66H124O6. The summed E-state index contributed by atoms with van der Waals surface area (Å²) in [5, 5.41) is 0. The van der Waals surface area contributed by atoms with Crippen LogP contribution < -0.4 is 0 Å². The maximum Gasteiger partial charge on any atom is 0.306 e. The molecule has 0 radical (unpaired) electrons. The molecule has 72 heavy (non-hydrogen) atoms. The average Bonchev–Trinajstić information content (AvgIpc) is 3.38. The third kappa shape index (κ3) is 58.8. The molecule has 0 aliphatic carbocycles. The highest BCUT2D eigenvalue weighted by Gasteiger charge is 2.19. The standard InChI is InChI=1S/C66H124O6/c1-4-7-10-13-16-19-21-23-25-27-28-29-30-31-32-33-34-35-36-37-38-40-41-43-45-47-50-53-56-59-65(68)71-62-63(61-70-64(67)58-55-52-49-18-15-12-9-6-3)72-66(69)60-57-54-51-48-46-44-42-39-26-24-22-20-17-14-11-8-5-2/h24,26-28,63H,4-23,25,29-62H2,1-3H3/b26-24-,28-27-. The molecule has 1 unspecified atom stereocenters. The van der Waals surface area contributed by atoms with E-state index in [9.17, 15) is 14.4 Å². The highest BCUT2D eigenvalue weighted by atomic mass is 16.6. The van der Waals surface area contributed by atoms with E-state index in [2.05, 4.69) is 45.1 Å². The van der Waals surface area contributed by atoms with E-state index in [1.165, 1.54) is 263 Å². The molecule has 0 aromatic rings. The zero-order chi connectivity index (χ0) is 52.2. The Kier molecular flexibility index (Phi) is 59.6. The average molecular weight is 1010 g/mol. The maximum absolute atomic E-state index is 12.8. The Morgan fingerprint density at radius 2 is 0.458 bits per heavy atom. The van der Waals surface area contributed by atoms with Crippen LogP contribution >= 0.6 is 0 Å². The molecule has 1 atom stereocenters. The molecule has 0 spiro atoms. The summed E-state index contributed by atoms with van der Waals surface area (Å²) in [7, 11) is 0. The lowest BCUT2D eigenvalue weighted by Gasteiger charge is -2.18. The van der Waals surface area contributed by atoms with Crippen LogP contribution in [0.2, 0.25) is 0 Å². The van der Waals surface area contributed by atoms with Gasteiger partial charge in [0, 0.05) is 19.3 Å². The Morgan fingerprint density at radius 1 is 0.264 bits per heavy atom. The lowest BCUT2D eigenvalue weighted by atomic mass is 10.0. The zero-order valence-electron chi connectivity index (χ0n) is 48.7. The molecule has 0 heterocycles. The third-order valence-corrected chi connectivity index (χ3v) is 14.7. The first-order valence-electron chi connectivity index (χ1n) is 32.3. The topological polar surface area (TPSA) is 78.9 Å². The Morgan fingerprint density at radius 3 is 0.694 bits per heavy atom. The van der Waals surface area contributed by atoms with Gasteiger partial charge in [-0.2, -0.15) is 0 Å². The molecule has 0 fully saturated rings. The van der Waals surface area contributed by atoms with Crippen molar-refractivity contribution in [2.24, 2.45) is 0 Å². The molecule has 0 N–H and O–H groups in total. The van der Waals surface area contributed by atoms with Crippen LogP contribution in [0.4, 0.5) is 0 Å². The number of allylic oxidation sites excluding steroid dienone is 4. The number of carbonyl (C=O) groups is 3. The van der Waals surface area contributed by atoms with E-state index < -0.39 is 6.10 Å². The summed E-state index contributed by atoms with van der Waals surface area (Å²) in [5.74, 6) is -0.854. The lowest BCUT2D eigenvalue weighted by molar-refractivity contribution is -0.167. The predicted octanol–water partition coefficient (Wildman–Crippen LogP) is 21.8. The van der Waals surface area contributed by atoms with Gasteiger partial charge >= 0.3 is 17.9 Å². The molecule has 0 saturated heterocycles. The van der Waals surface area contributed by atoms with Crippen LogP contribution in [0.1, 0.15) is 361 Å². The number of hydrogen-bond acceptors (Lipinski definition) is 6. The predicted molar refractivity (Wildman–Crippen MR) is 312 cm³/mol. The molecule has 0 amide bonds. The molecular weight excluding hydrogens is 889 g/mol. The molecule has 424 valence electrons. The van der Waals surface area contributed by atoms with Crippen molar-refractivity contribution in [2.45, 2.75) is 367 Å². The molecule has 0 aromatic carbocycles. The van der Waals surface area contributed by atoms with Crippen LogP contribution in [-0.2, 0) is 28.6 Å². The van der Waals surface area contributed by atoms with Crippen LogP contribution in [0.25, 0.3) is 0 Å². The zero-order valence-corrected chi connectivity index (χ0v) is 48.7. The molecule has 6 nitrogen and oxygen atoms in total. The minimum absolute atomic E-state index is 0.0679. The lowest BCUT2D eigenvalue weighted by Crippen LogP contribution is -2.30. The Bertz CT molecular complexity index is 1160. The van der Waals surface area contributed by atoms with Crippen molar-refractivity contribution in [3.8, 4) is 0 Å². The van der Waals surface area contributed by atoms with E-state index in [1.54, 1.807) is 0 Å². The van der Waals surface area contributed by atoms with Gasteiger partial charge in [0.15, 0.2) is 6.10 Å². The summed E-state index contributed by atoms with van der Waals surface area (Å²) in [6, 6.07) is 0. The Hall–Kier alpha value is -2.11. The van der Waals surface area contributed by atoms with Gasteiger partial charge in [0.05, 0.1) is 0 Å². The summed E-state index contributed by atoms with van der Waals surface area (Å²) in [6.45, 7) is 6.66. The summed E-state index contributed by atoms with van der Waals surface area (Å²) in [5.41, 5.74) is 0. The quantitative estimate of drug-likeness (QED) is 0.0261. The van der Waals surface area contributed by atoms with Crippen molar-refractivity contribution < 1.29 is 28.6 Å². The molecule has 0 bridgehead atoms. The SMILES string of the molecule is CCCCCCCC/C=C\CCCCCCCCCC(=O)OC(COC(=O)CCCCCCCCCC)COC(=O)CCCCCCCCCCCCCCCCCCC/C=C\CCCCCCCCCC.